The van der Waals surface area contributed by atoms with Gasteiger partial charge in [-0.05, 0) is 19.1 Å². The fourth-order valence-electron chi connectivity index (χ4n) is 1.08. The third kappa shape index (κ3) is 3.87. The van der Waals surface area contributed by atoms with Gasteiger partial charge in [0.2, 0.25) is 5.91 Å². The second kappa shape index (κ2) is 4.96. The summed E-state index contributed by atoms with van der Waals surface area (Å²) >= 11 is 0. The van der Waals surface area contributed by atoms with Crippen LogP contribution in [0, 0.1) is 6.92 Å². The summed E-state index contributed by atoms with van der Waals surface area (Å²) < 4.78 is 25.0. The van der Waals surface area contributed by atoms with E-state index < -0.39 is 22.0 Å². The molecule has 17 heavy (non-hydrogen) atoms. The average molecular weight is 256 g/mol. The van der Waals surface area contributed by atoms with Crippen LogP contribution in [0.15, 0.2) is 29.2 Å². The van der Waals surface area contributed by atoms with E-state index in [0.29, 0.717) is 0 Å². The van der Waals surface area contributed by atoms with E-state index in [0.717, 1.165) is 12.5 Å². The zero-order chi connectivity index (χ0) is 13.1. The molecule has 1 aromatic carbocycles. The minimum Gasteiger partial charge on any atom is -0.278 e. The van der Waals surface area contributed by atoms with Crippen LogP contribution >= 0.6 is 0 Å². The van der Waals surface area contributed by atoms with Crippen molar-refractivity contribution in [1.82, 2.24) is 10.0 Å². The fraction of sp³-hybridized carbons (Fsp3) is 0.200. The Balaban J connectivity index is 2.86. The first-order chi connectivity index (χ1) is 7.81. The van der Waals surface area contributed by atoms with Crippen LogP contribution in [-0.4, -0.2) is 20.4 Å². The van der Waals surface area contributed by atoms with Gasteiger partial charge in [-0.15, -0.1) is 0 Å². The smallest absolute Gasteiger partial charge is 0.278 e. The molecule has 0 saturated heterocycles. The Morgan fingerprint density at radius 1 is 1.12 bits per heavy atom. The number of hydrogen-bond donors (Lipinski definition) is 2. The standard InChI is InChI=1S/C10H12N2O4S/c1-7-3-5-9(6-4-7)17(15,16)12-10(14)11-8(2)13/h3-6H,1-2H3,(H2,11,12,13,14). The number of hydrogen-bond acceptors (Lipinski definition) is 4. The second-order valence-corrected chi connectivity index (χ2v) is 5.11. The summed E-state index contributed by atoms with van der Waals surface area (Å²) in [6.07, 6.45) is 0. The van der Waals surface area contributed by atoms with Gasteiger partial charge in [0.05, 0.1) is 4.90 Å². The molecule has 0 unspecified atom stereocenters. The number of rotatable bonds is 2. The van der Waals surface area contributed by atoms with Crippen molar-refractivity contribution in [2.24, 2.45) is 0 Å². The van der Waals surface area contributed by atoms with Crippen LogP contribution in [0.3, 0.4) is 0 Å². The van der Waals surface area contributed by atoms with Crippen LogP contribution in [0.25, 0.3) is 0 Å². The van der Waals surface area contributed by atoms with E-state index in [-0.39, 0.29) is 4.90 Å². The summed E-state index contributed by atoms with van der Waals surface area (Å²) in [5.74, 6) is -0.637. The SMILES string of the molecule is CC(=O)NC(=O)NS(=O)(=O)c1ccc(C)cc1. The molecule has 0 atom stereocenters. The highest BCUT2D eigenvalue weighted by Gasteiger charge is 2.17. The number of urea groups is 1. The molecule has 0 aliphatic rings. The lowest BCUT2D eigenvalue weighted by Crippen LogP contribution is -2.41. The quantitative estimate of drug-likeness (QED) is 0.807. The first-order valence-electron chi connectivity index (χ1n) is 4.72. The molecule has 92 valence electrons. The molecule has 1 aromatic rings. The summed E-state index contributed by atoms with van der Waals surface area (Å²) in [6, 6.07) is 4.89. The predicted molar refractivity (Wildman–Crippen MR) is 60.7 cm³/mol. The van der Waals surface area contributed by atoms with Crippen LogP contribution < -0.4 is 10.0 Å². The number of carbonyl (C=O) groups is 2. The highest BCUT2D eigenvalue weighted by Crippen LogP contribution is 2.09. The molecule has 7 heteroatoms. The number of carbonyl (C=O) groups excluding carboxylic acids is 2. The highest BCUT2D eigenvalue weighted by molar-refractivity contribution is 7.90. The summed E-state index contributed by atoms with van der Waals surface area (Å²) in [5.41, 5.74) is 0.900. The molecular formula is C10H12N2O4S. The first-order valence-corrected chi connectivity index (χ1v) is 6.20. The Morgan fingerprint density at radius 3 is 2.12 bits per heavy atom. The number of amides is 3. The lowest BCUT2D eigenvalue weighted by molar-refractivity contribution is -0.117. The molecule has 0 bridgehead atoms. The molecule has 0 aliphatic heterocycles. The number of imide groups is 1. The summed E-state index contributed by atoms with van der Waals surface area (Å²) in [5, 5.41) is 1.81. The Bertz CT molecular complexity index is 534. The summed E-state index contributed by atoms with van der Waals surface area (Å²) in [6.45, 7) is 2.92. The lowest BCUT2D eigenvalue weighted by Gasteiger charge is -2.06. The topological polar surface area (TPSA) is 92.3 Å². The van der Waals surface area contributed by atoms with E-state index in [9.17, 15) is 18.0 Å². The number of nitrogens with one attached hydrogen (secondary N) is 2. The van der Waals surface area contributed by atoms with Crippen molar-refractivity contribution in [2.75, 3.05) is 0 Å². The van der Waals surface area contributed by atoms with Crippen LogP contribution in [0.4, 0.5) is 4.79 Å². The van der Waals surface area contributed by atoms with E-state index in [1.807, 2.05) is 12.2 Å². The minimum absolute atomic E-state index is 0.0400. The van der Waals surface area contributed by atoms with Gasteiger partial charge in [0.25, 0.3) is 10.0 Å². The van der Waals surface area contributed by atoms with Gasteiger partial charge in [-0.25, -0.2) is 17.9 Å². The monoisotopic (exact) mass is 256 g/mol. The second-order valence-electron chi connectivity index (χ2n) is 3.43. The van der Waals surface area contributed by atoms with E-state index in [4.69, 9.17) is 0 Å². The Kier molecular flexibility index (Phi) is 3.84. The molecule has 0 aliphatic carbocycles. The predicted octanol–water partition coefficient (Wildman–Crippen LogP) is 0.529. The number of aryl methyl sites for hydroxylation is 1. The van der Waals surface area contributed by atoms with E-state index in [1.165, 1.54) is 12.1 Å². The molecule has 1 rings (SSSR count). The zero-order valence-corrected chi connectivity index (χ0v) is 10.2. The Labute approximate surface area is 99.1 Å². The lowest BCUT2D eigenvalue weighted by atomic mass is 10.2. The zero-order valence-electron chi connectivity index (χ0n) is 9.35. The van der Waals surface area contributed by atoms with Gasteiger partial charge < -0.3 is 0 Å². The third-order valence-corrected chi connectivity index (χ3v) is 3.19. The maximum absolute atomic E-state index is 11.7. The average Bonchev–Trinajstić information content (AvgIpc) is 2.15. The largest absolute Gasteiger partial charge is 0.335 e. The van der Waals surface area contributed by atoms with Gasteiger partial charge in [-0.3, -0.25) is 10.1 Å². The van der Waals surface area contributed by atoms with Crippen molar-refractivity contribution in [3.05, 3.63) is 29.8 Å². The van der Waals surface area contributed by atoms with E-state index >= 15 is 0 Å². The molecular weight excluding hydrogens is 244 g/mol. The maximum Gasteiger partial charge on any atom is 0.335 e. The Hall–Kier alpha value is -1.89. The maximum atomic E-state index is 11.7. The van der Waals surface area contributed by atoms with Crippen molar-refractivity contribution in [3.8, 4) is 0 Å². The van der Waals surface area contributed by atoms with Gasteiger partial charge >= 0.3 is 6.03 Å². The fourth-order valence-corrected chi connectivity index (χ4v) is 1.99. The molecule has 0 aromatic heterocycles. The highest BCUT2D eigenvalue weighted by atomic mass is 32.2. The summed E-state index contributed by atoms with van der Waals surface area (Å²) in [4.78, 5) is 21.6. The molecule has 0 radical (unpaired) electrons. The van der Waals surface area contributed by atoms with Crippen molar-refractivity contribution in [1.29, 1.82) is 0 Å². The van der Waals surface area contributed by atoms with Crippen molar-refractivity contribution >= 4 is 22.0 Å². The Morgan fingerprint density at radius 2 is 1.65 bits per heavy atom. The van der Waals surface area contributed by atoms with Crippen molar-refractivity contribution in [3.63, 3.8) is 0 Å². The van der Waals surface area contributed by atoms with Crippen molar-refractivity contribution in [2.45, 2.75) is 18.7 Å². The van der Waals surface area contributed by atoms with Crippen LogP contribution in [0.2, 0.25) is 0 Å². The van der Waals surface area contributed by atoms with E-state index in [2.05, 4.69) is 0 Å². The van der Waals surface area contributed by atoms with Crippen LogP contribution in [0.1, 0.15) is 12.5 Å². The van der Waals surface area contributed by atoms with Gasteiger partial charge in [0.1, 0.15) is 0 Å². The number of sulfonamides is 1. The molecule has 0 fully saturated rings. The molecule has 3 amide bonds. The number of benzene rings is 1. The molecule has 0 spiro atoms. The normalized spacial score (nSPS) is 10.7. The van der Waals surface area contributed by atoms with Gasteiger partial charge in [-0.1, -0.05) is 17.7 Å². The van der Waals surface area contributed by atoms with Gasteiger partial charge in [0, 0.05) is 6.92 Å². The van der Waals surface area contributed by atoms with Crippen LogP contribution in [-0.2, 0) is 14.8 Å². The summed E-state index contributed by atoms with van der Waals surface area (Å²) in [7, 11) is -3.94. The first kappa shape index (κ1) is 13.2. The minimum atomic E-state index is -3.94. The molecule has 6 nitrogen and oxygen atoms in total. The molecule has 2 N–H and O–H groups in total. The molecule has 0 saturated carbocycles. The molecule has 0 heterocycles. The van der Waals surface area contributed by atoms with Gasteiger partial charge in [0.15, 0.2) is 0 Å². The van der Waals surface area contributed by atoms with Crippen LogP contribution in [0.5, 0.6) is 0 Å². The van der Waals surface area contributed by atoms with Gasteiger partial charge in [-0.2, -0.15) is 0 Å². The van der Waals surface area contributed by atoms with Crippen molar-refractivity contribution < 1.29 is 18.0 Å². The third-order valence-electron chi connectivity index (χ3n) is 1.85. The van der Waals surface area contributed by atoms with E-state index in [1.54, 1.807) is 16.9 Å².